The SMILES string of the molecule is CN1CC(C)(C)NCC1C(C)(C)C. The highest BCUT2D eigenvalue weighted by Crippen LogP contribution is 2.27. The maximum atomic E-state index is 3.60. The van der Waals surface area contributed by atoms with Gasteiger partial charge in [0.1, 0.15) is 0 Å². The van der Waals surface area contributed by atoms with Crippen molar-refractivity contribution in [3.8, 4) is 0 Å². The Labute approximate surface area is 82.7 Å². The Morgan fingerprint density at radius 3 is 2.23 bits per heavy atom. The fourth-order valence-corrected chi connectivity index (χ4v) is 2.29. The maximum absolute atomic E-state index is 3.60. The molecule has 0 radical (unpaired) electrons. The molecular weight excluding hydrogens is 160 g/mol. The summed E-state index contributed by atoms with van der Waals surface area (Å²) < 4.78 is 0. The standard InChI is InChI=1S/C11H24N2/c1-10(2,3)9-7-12-11(4,5)8-13(9)6/h9,12H,7-8H2,1-6H3. The van der Waals surface area contributed by atoms with Crippen LogP contribution in [0, 0.1) is 5.41 Å². The van der Waals surface area contributed by atoms with Crippen LogP contribution in [0.15, 0.2) is 0 Å². The zero-order valence-corrected chi connectivity index (χ0v) is 9.94. The molecule has 78 valence electrons. The van der Waals surface area contributed by atoms with Gasteiger partial charge in [0.15, 0.2) is 0 Å². The van der Waals surface area contributed by atoms with Gasteiger partial charge in [0.05, 0.1) is 0 Å². The van der Waals surface area contributed by atoms with E-state index < -0.39 is 0 Å². The molecule has 0 amide bonds. The summed E-state index contributed by atoms with van der Waals surface area (Å²) in [4.78, 5) is 2.48. The third-order valence-electron chi connectivity index (χ3n) is 2.95. The molecule has 0 aliphatic carbocycles. The van der Waals surface area contributed by atoms with E-state index in [9.17, 15) is 0 Å². The van der Waals surface area contributed by atoms with Crippen LogP contribution in [0.4, 0.5) is 0 Å². The van der Waals surface area contributed by atoms with Crippen molar-refractivity contribution in [2.75, 3.05) is 20.1 Å². The van der Waals surface area contributed by atoms with Gasteiger partial charge in [0, 0.05) is 24.7 Å². The lowest BCUT2D eigenvalue weighted by molar-refractivity contribution is 0.0547. The highest BCUT2D eigenvalue weighted by molar-refractivity contribution is 4.95. The molecule has 1 unspecified atom stereocenters. The molecule has 0 spiro atoms. The molecule has 13 heavy (non-hydrogen) atoms. The van der Waals surface area contributed by atoms with Crippen LogP contribution in [-0.4, -0.2) is 36.6 Å². The zero-order chi connectivity index (χ0) is 10.3. The summed E-state index contributed by atoms with van der Waals surface area (Å²) in [7, 11) is 2.23. The van der Waals surface area contributed by atoms with E-state index in [0.717, 1.165) is 13.1 Å². The number of hydrogen-bond acceptors (Lipinski definition) is 2. The second-order valence-electron chi connectivity index (χ2n) is 6.06. The summed E-state index contributed by atoms with van der Waals surface area (Å²) in [5.74, 6) is 0. The van der Waals surface area contributed by atoms with Crippen LogP contribution in [0.3, 0.4) is 0 Å². The fraction of sp³-hybridized carbons (Fsp3) is 1.00. The lowest BCUT2D eigenvalue weighted by Crippen LogP contribution is -2.63. The summed E-state index contributed by atoms with van der Waals surface area (Å²) in [5, 5.41) is 3.60. The van der Waals surface area contributed by atoms with Crippen LogP contribution in [0.1, 0.15) is 34.6 Å². The molecule has 1 atom stereocenters. The molecule has 2 heteroatoms. The Balaban J connectivity index is 2.64. The van der Waals surface area contributed by atoms with Gasteiger partial charge in [-0.1, -0.05) is 20.8 Å². The number of nitrogens with zero attached hydrogens (tertiary/aromatic N) is 1. The molecular formula is C11H24N2. The monoisotopic (exact) mass is 184 g/mol. The van der Waals surface area contributed by atoms with Crippen LogP contribution >= 0.6 is 0 Å². The van der Waals surface area contributed by atoms with Gasteiger partial charge in [-0.05, 0) is 26.3 Å². The van der Waals surface area contributed by atoms with Crippen molar-refractivity contribution < 1.29 is 0 Å². The summed E-state index contributed by atoms with van der Waals surface area (Å²) in [6.45, 7) is 13.7. The van der Waals surface area contributed by atoms with Crippen molar-refractivity contribution in [2.45, 2.75) is 46.2 Å². The second-order valence-corrected chi connectivity index (χ2v) is 6.06. The van der Waals surface area contributed by atoms with Crippen molar-refractivity contribution in [1.82, 2.24) is 10.2 Å². The molecule has 1 aliphatic rings. The minimum absolute atomic E-state index is 0.274. The molecule has 0 aromatic rings. The number of likely N-dealkylation sites (N-methyl/N-ethyl adjacent to an activating group) is 1. The summed E-state index contributed by atoms with van der Waals surface area (Å²) >= 11 is 0. The molecule has 1 fully saturated rings. The molecule has 1 saturated heterocycles. The quantitative estimate of drug-likeness (QED) is 0.616. The van der Waals surface area contributed by atoms with Crippen LogP contribution in [0.5, 0.6) is 0 Å². The average molecular weight is 184 g/mol. The third kappa shape index (κ3) is 2.68. The Kier molecular flexibility index (Phi) is 2.75. The first-order chi connectivity index (χ1) is 5.72. The third-order valence-corrected chi connectivity index (χ3v) is 2.95. The van der Waals surface area contributed by atoms with E-state index in [1.807, 2.05) is 0 Å². The van der Waals surface area contributed by atoms with Gasteiger partial charge in [0.25, 0.3) is 0 Å². The lowest BCUT2D eigenvalue weighted by atomic mass is 9.83. The molecule has 1 rings (SSSR count). The number of rotatable bonds is 0. The van der Waals surface area contributed by atoms with Gasteiger partial charge in [-0.3, -0.25) is 4.90 Å². The molecule has 1 aliphatic heterocycles. The van der Waals surface area contributed by atoms with E-state index in [1.54, 1.807) is 0 Å². The van der Waals surface area contributed by atoms with Crippen LogP contribution in [0.2, 0.25) is 0 Å². The number of hydrogen-bond donors (Lipinski definition) is 1. The fourth-order valence-electron chi connectivity index (χ4n) is 2.29. The zero-order valence-electron chi connectivity index (χ0n) is 9.94. The van der Waals surface area contributed by atoms with E-state index in [1.165, 1.54) is 0 Å². The highest BCUT2D eigenvalue weighted by Gasteiger charge is 2.36. The Morgan fingerprint density at radius 2 is 1.85 bits per heavy atom. The largest absolute Gasteiger partial charge is 0.309 e. The van der Waals surface area contributed by atoms with Crippen molar-refractivity contribution in [3.63, 3.8) is 0 Å². The summed E-state index contributed by atoms with van der Waals surface area (Å²) in [6.07, 6.45) is 0. The normalized spacial score (nSPS) is 30.5. The average Bonchev–Trinajstić information content (AvgIpc) is 1.80. The molecule has 0 bridgehead atoms. The van der Waals surface area contributed by atoms with Gasteiger partial charge >= 0.3 is 0 Å². The predicted molar refractivity (Wildman–Crippen MR) is 58.0 cm³/mol. The Hall–Kier alpha value is -0.0800. The predicted octanol–water partition coefficient (Wildman–Crippen LogP) is 1.71. The van der Waals surface area contributed by atoms with Gasteiger partial charge in [-0.25, -0.2) is 0 Å². The molecule has 0 saturated carbocycles. The number of piperazine rings is 1. The second kappa shape index (κ2) is 3.25. The molecule has 1 N–H and O–H groups in total. The first kappa shape index (κ1) is 11.0. The van der Waals surface area contributed by atoms with Gasteiger partial charge in [-0.15, -0.1) is 0 Å². The topological polar surface area (TPSA) is 15.3 Å². The van der Waals surface area contributed by atoms with Crippen molar-refractivity contribution >= 4 is 0 Å². The van der Waals surface area contributed by atoms with Gasteiger partial charge in [0.2, 0.25) is 0 Å². The van der Waals surface area contributed by atoms with Crippen molar-refractivity contribution in [3.05, 3.63) is 0 Å². The van der Waals surface area contributed by atoms with Crippen LogP contribution in [0.25, 0.3) is 0 Å². The minimum atomic E-state index is 0.274. The molecule has 0 aromatic heterocycles. The molecule has 0 aromatic carbocycles. The van der Waals surface area contributed by atoms with Crippen molar-refractivity contribution in [2.24, 2.45) is 5.41 Å². The smallest absolute Gasteiger partial charge is 0.0266 e. The van der Waals surface area contributed by atoms with Crippen LogP contribution in [-0.2, 0) is 0 Å². The minimum Gasteiger partial charge on any atom is -0.309 e. The van der Waals surface area contributed by atoms with Gasteiger partial charge in [-0.2, -0.15) is 0 Å². The van der Waals surface area contributed by atoms with Crippen molar-refractivity contribution in [1.29, 1.82) is 0 Å². The first-order valence-corrected chi connectivity index (χ1v) is 5.18. The van der Waals surface area contributed by atoms with Crippen LogP contribution < -0.4 is 5.32 Å². The highest BCUT2D eigenvalue weighted by atomic mass is 15.2. The Morgan fingerprint density at radius 1 is 1.31 bits per heavy atom. The molecule has 1 heterocycles. The van der Waals surface area contributed by atoms with E-state index in [4.69, 9.17) is 0 Å². The Bertz CT molecular complexity index is 179. The lowest BCUT2D eigenvalue weighted by Gasteiger charge is -2.47. The van der Waals surface area contributed by atoms with E-state index in [0.29, 0.717) is 11.5 Å². The molecule has 2 nitrogen and oxygen atoms in total. The maximum Gasteiger partial charge on any atom is 0.0266 e. The van der Waals surface area contributed by atoms with E-state index in [2.05, 4.69) is 51.9 Å². The summed E-state index contributed by atoms with van der Waals surface area (Å²) in [5.41, 5.74) is 0.648. The summed E-state index contributed by atoms with van der Waals surface area (Å²) in [6, 6.07) is 0.653. The first-order valence-electron chi connectivity index (χ1n) is 5.18. The number of nitrogens with one attached hydrogen (secondary N) is 1. The van der Waals surface area contributed by atoms with Gasteiger partial charge < -0.3 is 5.32 Å². The van der Waals surface area contributed by atoms with E-state index >= 15 is 0 Å². The van der Waals surface area contributed by atoms with E-state index in [-0.39, 0.29) is 5.54 Å².